The van der Waals surface area contributed by atoms with E-state index in [0.29, 0.717) is 0 Å². The van der Waals surface area contributed by atoms with Crippen LogP contribution in [0.2, 0.25) is 5.28 Å². The second kappa shape index (κ2) is 3.52. The molecule has 0 spiro atoms. The molecule has 7 heteroatoms. The van der Waals surface area contributed by atoms with Gasteiger partial charge in [-0.2, -0.15) is 0 Å². The molecule has 0 aliphatic rings. The van der Waals surface area contributed by atoms with Gasteiger partial charge in [0.15, 0.2) is 0 Å². The number of nitrogens with zero attached hydrogens (tertiary/aromatic N) is 2. The molecule has 0 atom stereocenters. The number of halogens is 1. The zero-order chi connectivity index (χ0) is 8.27. The fourth-order valence-electron chi connectivity index (χ4n) is 0.483. The molecule has 1 rings (SSSR count). The standard InChI is InChI=1S/C4H4BClN2O3/c6-4-7-1-3(2-8-4)11-5(9)10/h1-2,9-10H. The fraction of sp³-hybridized carbons (Fsp3) is 0. The Hall–Kier alpha value is -0.845. The van der Waals surface area contributed by atoms with Gasteiger partial charge < -0.3 is 14.7 Å². The molecule has 0 aliphatic heterocycles. The summed E-state index contributed by atoms with van der Waals surface area (Å²) in [6.45, 7) is 0. The van der Waals surface area contributed by atoms with Crippen molar-refractivity contribution in [2.24, 2.45) is 0 Å². The average Bonchev–Trinajstić information content (AvgIpc) is 1.93. The van der Waals surface area contributed by atoms with Crippen molar-refractivity contribution in [1.82, 2.24) is 9.97 Å². The molecule has 0 radical (unpaired) electrons. The summed E-state index contributed by atoms with van der Waals surface area (Å²) in [5.41, 5.74) is 0. The Kier molecular flexibility index (Phi) is 2.64. The highest BCUT2D eigenvalue weighted by atomic mass is 35.5. The summed E-state index contributed by atoms with van der Waals surface area (Å²) in [7, 11) is -1.86. The molecule has 0 unspecified atom stereocenters. The SMILES string of the molecule is OB(O)Oc1cnc(Cl)nc1. The predicted octanol–water partition coefficient (Wildman–Crippen LogP) is -0.522. The van der Waals surface area contributed by atoms with Crippen molar-refractivity contribution in [2.45, 2.75) is 0 Å². The van der Waals surface area contributed by atoms with E-state index in [9.17, 15) is 0 Å². The van der Waals surface area contributed by atoms with E-state index >= 15 is 0 Å². The minimum absolute atomic E-state index is 0.0739. The molecular formula is C4H4BClN2O3. The van der Waals surface area contributed by atoms with E-state index in [4.69, 9.17) is 21.6 Å². The van der Waals surface area contributed by atoms with Crippen molar-refractivity contribution < 1.29 is 14.7 Å². The second-order valence-electron chi connectivity index (χ2n) is 1.63. The van der Waals surface area contributed by atoms with E-state index in [2.05, 4.69) is 14.6 Å². The topological polar surface area (TPSA) is 75.5 Å². The summed E-state index contributed by atoms with van der Waals surface area (Å²) in [6.07, 6.45) is 2.46. The van der Waals surface area contributed by atoms with E-state index in [1.54, 1.807) is 0 Å². The molecule has 0 aromatic carbocycles. The molecule has 0 saturated carbocycles. The monoisotopic (exact) mass is 174 g/mol. The van der Waals surface area contributed by atoms with Crippen LogP contribution in [0.3, 0.4) is 0 Å². The minimum atomic E-state index is -1.86. The lowest BCUT2D eigenvalue weighted by Gasteiger charge is -2.01. The maximum Gasteiger partial charge on any atom is 0.707 e. The van der Waals surface area contributed by atoms with Gasteiger partial charge in [-0.1, -0.05) is 0 Å². The van der Waals surface area contributed by atoms with E-state index in [1.807, 2.05) is 0 Å². The Labute approximate surface area is 67.8 Å². The van der Waals surface area contributed by atoms with Crippen LogP contribution in [0.4, 0.5) is 0 Å². The smallest absolute Gasteiger partial charge is 0.509 e. The molecule has 0 bridgehead atoms. The maximum atomic E-state index is 8.32. The van der Waals surface area contributed by atoms with Crippen LogP contribution in [0.5, 0.6) is 5.75 Å². The molecule has 0 saturated heterocycles. The van der Waals surface area contributed by atoms with Crippen LogP contribution in [-0.4, -0.2) is 27.3 Å². The molecule has 1 aromatic heterocycles. The molecule has 5 nitrogen and oxygen atoms in total. The van der Waals surface area contributed by atoms with Gasteiger partial charge in [0.05, 0.1) is 12.4 Å². The number of hydrogen-bond acceptors (Lipinski definition) is 5. The van der Waals surface area contributed by atoms with Crippen LogP contribution >= 0.6 is 11.6 Å². The molecule has 0 aliphatic carbocycles. The van der Waals surface area contributed by atoms with Crippen LogP contribution in [0.15, 0.2) is 12.4 Å². The van der Waals surface area contributed by atoms with E-state index in [-0.39, 0.29) is 11.0 Å². The number of rotatable bonds is 2. The summed E-state index contributed by atoms with van der Waals surface area (Å²) in [5.74, 6) is 0.143. The third-order valence-electron chi connectivity index (χ3n) is 0.838. The van der Waals surface area contributed by atoms with Crippen molar-refractivity contribution in [3.8, 4) is 5.75 Å². The minimum Gasteiger partial charge on any atom is -0.509 e. The Bertz CT molecular complexity index is 229. The molecule has 11 heavy (non-hydrogen) atoms. The molecule has 1 heterocycles. The highest BCUT2D eigenvalue weighted by Crippen LogP contribution is 2.08. The zero-order valence-electron chi connectivity index (χ0n) is 5.31. The summed E-state index contributed by atoms with van der Waals surface area (Å²) < 4.78 is 4.40. The first kappa shape index (κ1) is 8.25. The molecule has 1 aromatic rings. The number of hydrogen-bond donors (Lipinski definition) is 2. The van der Waals surface area contributed by atoms with Crippen molar-refractivity contribution in [1.29, 1.82) is 0 Å². The lowest BCUT2D eigenvalue weighted by atomic mass is 10.2. The quantitative estimate of drug-likeness (QED) is 0.466. The van der Waals surface area contributed by atoms with Crippen molar-refractivity contribution in [2.75, 3.05) is 0 Å². The highest BCUT2D eigenvalue weighted by molar-refractivity contribution is 6.33. The van der Waals surface area contributed by atoms with Crippen LogP contribution < -0.4 is 4.65 Å². The maximum absolute atomic E-state index is 8.32. The summed E-state index contributed by atoms with van der Waals surface area (Å²) in [4.78, 5) is 7.08. The lowest BCUT2D eigenvalue weighted by molar-refractivity contribution is 0.287. The Balaban J connectivity index is 2.66. The Morgan fingerprint density at radius 2 is 1.91 bits per heavy atom. The van der Waals surface area contributed by atoms with Crippen molar-refractivity contribution in [3.05, 3.63) is 17.7 Å². The Morgan fingerprint density at radius 1 is 1.36 bits per heavy atom. The van der Waals surface area contributed by atoms with Crippen LogP contribution in [0, 0.1) is 0 Å². The van der Waals surface area contributed by atoms with Gasteiger partial charge in [-0.05, 0) is 11.6 Å². The van der Waals surface area contributed by atoms with E-state index in [1.165, 1.54) is 12.4 Å². The lowest BCUT2D eigenvalue weighted by Crippen LogP contribution is -2.20. The summed E-state index contributed by atoms with van der Waals surface area (Å²) in [6, 6.07) is 0. The van der Waals surface area contributed by atoms with Crippen LogP contribution in [0.1, 0.15) is 0 Å². The first-order valence-electron chi connectivity index (χ1n) is 2.69. The Morgan fingerprint density at radius 3 is 2.36 bits per heavy atom. The van der Waals surface area contributed by atoms with Gasteiger partial charge >= 0.3 is 7.32 Å². The number of aromatic nitrogens is 2. The molecule has 0 fully saturated rings. The fourth-order valence-corrected chi connectivity index (χ4v) is 0.581. The highest BCUT2D eigenvalue weighted by Gasteiger charge is 2.10. The molecule has 0 amide bonds. The molecule has 2 N–H and O–H groups in total. The third-order valence-corrected chi connectivity index (χ3v) is 1.03. The van der Waals surface area contributed by atoms with E-state index in [0.717, 1.165) is 0 Å². The molecular weight excluding hydrogens is 170 g/mol. The van der Waals surface area contributed by atoms with Crippen LogP contribution in [-0.2, 0) is 0 Å². The largest absolute Gasteiger partial charge is 0.707 e. The predicted molar refractivity (Wildman–Crippen MR) is 37.9 cm³/mol. The van der Waals surface area contributed by atoms with Gasteiger partial charge in [0, 0.05) is 0 Å². The first-order valence-corrected chi connectivity index (χ1v) is 3.06. The molecule has 58 valence electrons. The van der Waals surface area contributed by atoms with Gasteiger partial charge in [0.2, 0.25) is 5.28 Å². The van der Waals surface area contributed by atoms with Gasteiger partial charge in [-0.25, -0.2) is 9.97 Å². The first-order chi connectivity index (χ1) is 5.18. The van der Waals surface area contributed by atoms with Gasteiger partial charge in [0.25, 0.3) is 0 Å². The van der Waals surface area contributed by atoms with Gasteiger partial charge in [0.1, 0.15) is 5.75 Å². The van der Waals surface area contributed by atoms with E-state index < -0.39 is 7.32 Å². The normalized spacial score (nSPS) is 9.36. The summed E-state index contributed by atoms with van der Waals surface area (Å²) >= 11 is 5.35. The van der Waals surface area contributed by atoms with Crippen LogP contribution in [0.25, 0.3) is 0 Å². The van der Waals surface area contributed by atoms with Crippen molar-refractivity contribution in [3.63, 3.8) is 0 Å². The van der Waals surface area contributed by atoms with Crippen molar-refractivity contribution >= 4 is 18.9 Å². The van der Waals surface area contributed by atoms with Gasteiger partial charge in [-0.3, -0.25) is 0 Å². The van der Waals surface area contributed by atoms with Gasteiger partial charge in [-0.15, -0.1) is 0 Å². The zero-order valence-corrected chi connectivity index (χ0v) is 6.06. The second-order valence-corrected chi connectivity index (χ2v) is 1.97. The third kappa shape index (κ3) is 2.71. The summed E-state index contributed by atoms with van der Waals surface area (Å²) in [5, 5.41) is 16.7. The average molecular weight is 174 g/mol.